The second-order valence-electron chi connectivity index (χ2n) is 3.40. The molecule has 0 radical (unpaired) electrons. The Hall–Kier alpha value is -1.88. The van der Waals surface area contributed by atoms with Crippen LogP contribution in [0, 0.1) is 0 Å². The molecule has 0 saturated carbocycles. The Morgan fingerprint density at radius 2 is 1.62 bits per heavy atom. The maximum absolute atomic E-state index is 11.5. The summed E-state index contributed by atoms with van der Waals surface area (Å²) in [6, 6.07) is 6.25. The van der Waals surface area contributed by atoms with E-state index in [9.17, 15) is 9.59 Å². The molecule has 1 rings (SSSR count). The molecule has 0 fully saturated rings. The van der Waals surface area contributed by atoms with E-state index < -0.39 is 5.97 Å². The zero-order valence-electron chi connectivity index (χ0n) is 9.48. The van der Waals surface area contributed by atoms with Crippen LogP contribution >= 0.6 is 0 Å². The quantitative estimate of drug-likeness (QED) is 0.603. The van der Waals surface area contributed by atoms with Crippen LogP contribution in [0.1, 0.15) is 20.7 Å². The molecule has 1 aromatic carbocycles. The molecule has 1 aromatic rings. The Morgan fingerprint density at radius 3 is 2.06 bits per heavy atom. The standard InChI is InChI=1S/C11H14N2O3/c1-13(2)12-10(14)8-4-6-9(7-5-8)11(15)16-3/h4-7H,1-3H3,(H,12,14). The van der Waals surface area contributed by atoms with Gasteiger partial charge in [0, 0.05) is 19.7 Å². The van der Waals surface area contributed by atoms with Gasteiger partial charge in [-0.2, -0.15) is 0 Å². The molecule has 0 saturated heterocycles. The van der Waals surface area contributed by atoms with E-state index in [2.05, 4.69) is 10.2 Å². The Bertz CT molecular complexity index is 385. The lowest BCUT2D eigenvalue weighted by atomic mass is 10.1. The lowest BCUT2D eigenvalue weighted by Gasteiger charge is -2.11. The summed E-state index contributed by atoms with van der Waals surface area (Å²) >= 11 is 0. The van der Waals surface area contributed by atoms with Crippen molar-refractivity contribution in [2.24, 2.45) is 0 Å². The summed E-state index contributed by atoms with van der Waals surface area (Å²) in [5, 5.41) is 1.55. The molecule has 0 aromatic heterocycles. The molecule has 0 aliphatic carbocycles. The number of nitrogens with one attached hydrogen (secondary N) is 1. The topological polar surface area (TPSA) is 58.6 Å². The Balaban J connectivity index is 2.78. The average molecular weight is 222 g/mol. The number of benzene rings is 1. The van der Waals surface area contributed by atoms with Crippen LogP contribution in [0.5, 0.6) is 0 Å². The molecule has 16 heavy (non-hydrogen) atoms. The molecule has 1 N–H and O–H groups in total. The molecule has 5 heteroatoms. The average Bonchev–Trinajstić information content (AvgIpc) is 2.27. The van der Waals surface area contributed by atoms with Crippen molar-refractivity contribution in [1.82, 2.24) is 10.4 Å². The summed E-state index contributed by atoms with van der Waals surface area (Å²) in [5.41, 5.74) is 3.51. The Kier molecular flexibility index (Phi) is 4.02. The van der Waals surface area contributed by atoms with Crippen LogP contribution in [0.15, 0.2) is 24.3 Å². The highest BCUT2D eigenvalue weighted by Crippen LogP contribution is 2.05. The van der Waals surface area contributed by atoms with Crippen molar-refractivity contribution in [3.63, 3.8) is 0 Å². The van der Waals surface area contributed by atoms with Gasteiger partial charge in [0.05, 0.1) is 12.7 Å². The minimum absolute atomic E-state index is 0.221. The van der Waals surface area contributed by atoms with E-state index in [1.165, 1.54) is 7.11 Å². The normalized spacial score (nSPS) is 10.0. The van der Waals surface area contributed by atoms with E-state index in [4.69, 9.17) is 0 Å². The highest BCUT2D eigenvalue weighted by atomic mass is 16.5. The third kappa shape index (κ3) is 3.06. The number of hydrogen-bond donors (Lipinski definition) is 1. The molecular weight excluding hydrogens is 208 g/mol. The van der Waals surface area contributed by atoms with E-state index in [0.29, 0.717) is 11.1 Å². The molecule has 0 aliphatic rings. The number of amides is 1. The van der Waals surface area contributed by atoms with E-state index >= 15 is 0 Å². The van der Waals surface area contributed by atoms with Gasteiger partial charge in [-0.25, -0.2) is 9.80 Å². The number of rotatable bonds is 3. The molecule has 0 bridgehead atoms. The second kappa shape index (κ2) is 5.27. The van der Waals surface area contributed by atoms with Crippen molar-refractivity contribution < 1.29 is 14.3 Å². The number of nitrogens with zero attached hydrogens (tertiary/aromatic N) is 1. The van der Waals surface area contributed by atoms with Crippen LogP contribution in [0.4, 0.5) is 0 Å². The lowest BCUT2D eigenvalue weighted by molar-refractivity contribution is 0.0600. The van der Waals surface area contributed by atoms with E-state index in [1.807, 2.05) is 0 Å². The van der Waals surface area contributed by atoms with Crippen LogP contribution in [0.2, 0.25) is 0 Å². The predicted octanol–water partition coefficient (Wildman–Crippen LogP) is 0.680. The van der Waals surface area contributed by atoms with Crippen LogP contribution in [-0.4, -0.2) is 38.1 Å². The molecular formula is C11H14N2O3. The fourth-order valence-electron chi connectivity index (χ4n) is 1.14. The molecule has 86 valence electrons. The smallest absolute Gasteiger partial charge is 0.337 e. The first-order valence-electron chi connectivity index (χ1n) is 4.71. The van der Waals surface area contributed by atoms with Crippen molar-refractivity contribution in [3.05, 3.63) is 35.4 Å². The zero-order valence-corrected chi connectivity index (χ0v) is 9.48. The van der Waals surface area contributed by atoms with Gasteiger partial charge in [0.15, 0.2) is 0 Å². The number of ether oxygens (including phenoxy) is 1. The fourth-order valence-corrected chi connectivity index (χ4v) is 1.14. The zero-order chi connectivity index (χ0) is 12.1. The van der Waals surface area contributed by atoms with E-state index in [0.717, 1.165) is 0 Å². The first kappa shape index (κ1) is 12.2. The summed E-state index contributed by atoms with van der Waals surface area (Å²) in [4.78, 5) is 22.7. The first-order chi connectivity index (χ1) is 7.54. The Morgan fingerprint density at radius 1 is 1.12 bits per heavy atom. The molecule has 0 spiro atoms. The summed E-state index contributed by atoms with van der Waals surface area (Å²) in [6.07, 6.45) is 0. The van der Waals surface area contributed by atoms with Gasteiger partial charge < -0.3 is 4.74 Å². The maximum atomic E-state index is 11.5. The van der Waals surface area contributed by atoms with E-state index in [1.54, 1.807) is 43.4 Å². The summed E-state index contributed by atoms with van der Waals surface area (Å²) in [5.74, 6) is -0.638. The highest BCUT2D eigenvalue weighted by molar-refractivity contribution is 5.95. The van der Waals surface area contributed by atoms with Crippen molar-refractivity contribution in [3.8, 4) is 0 Å². The van der Waals surface area contributed by atoms with Gasteiger partial charge in [0.1, 0.15) is 0 Å². The molecule has 0 atom stereocenters. The maximum Gasteiger partial charge on any atom is 0.337 e. The van der Waals surface area contributed by atoms with Gasteiger partial charge in [-0.1, -0.05) is 0 Å². The lowest BCUT2D eigenvalue weighted by Crippen LogP contribution is -2.36. The number of esters is 1. The first-order valence-corrected chi connectivity index (χ1v) is 4.71. The number of methoxy groups -OCH3 is 1. The summed E-state index contributed by atoms with van der Waals surface area (Å²) < 4.78 is 4.55. The van der Waals surface area contributed by atoms with Crippen molar-refractivity contribution in [2.75, 3.05) is 21.2 Å². The van der Waals surface area contributed by atoms with Crippen LogP contribution in [0.3, 0.4) is 0 Å². The van der Waals surface area contributed by atoms with Gasteiger partial charge in [0.25, 0.3) is 5.91 Å². The molecule has 0 heterocycles. The number of hydrazine groups is 1. The minimum atomic E-state index is -0.417. The van der Waals surface area contributed by atoms with Crippen molar-refractivity contribution in [1.29, 1.82) is 0 Å². The summed E-state index contributed by atoms with van der Waals surface area (Å²) in [6.45, 7) is 0. The van der Waals surface area contributed by atoms with Crippen LogP contribution < -0.4 is 5.43 Å². The van der Waals surface area contributed by atoms with Crippen molar-refractivity contribution >= 4 is 11.9 Å². The SMILES string of the molecule is COC(=O)c1ccc(C(=O)NN(C)C)cc1. The number of carbonyl (C=O) groups excluding carboxylic acids is 2. The van der Waals surface area contributed by atoms with Gasteiger partial charge in [-0.15, -0.1) is 0 Å². The largest absolute Gasteiger partial charge is 0.465 e. The Labute approximate surface area is 94.0 Å². The van der Waals surface area contributed by atoms with Gasteiger partial charge in [0.2, 0.25) is 0 Å². The fraction of sp³-hybridized carbons (Fsp3) is 0.273. The molecule has 0 aliphatic heterocycles. The van der Waals surface area contributed by atoms with Crippen LogP contribution in [-0.2, 0) is 4.74 Å². The third-order valence-electron chi connectivity index (χ3n) is 1.89. The monoisotopic (exact) mass is 222 g/mol. The molecule has 5 nitrogen and oxygen atoms in total. The minimum Gasteiger partial charge on any atom is -0.465 e. The van der Waals surface area contributed by atoms with Gasteiger partial charge in [-0.3, -0.25) is 10.2 Å². The van der Waals surface area contributed by atoms with Crippen molar-refractivity contribution in [2.45, 2.75) is 0 Å². The van der Waals surface area contributed by atoms with Gasteiger partial charge >= 0.3 is 5.97 Å². The van der Waals surface area contributed by atoms with E-state index in [-0.39, 0.29) is 5.91 Å². The molecule has 0 unspecified atom stereocenters. The predicted molar refractivity (Wildman–Crippen MR) is 58.9 cm³/mol. The van der Waals surface area contributed by atoms with Gasteiger partial charge in [-0.05, 0) is 24.3 Å². The number of carbonyl (C=O) groups is 2. The third-order valence-corrected chi connectivity index (χ3v) is 1.89. The highest BCUT2D eigenvalue weighted by Gasteiger charge is 2.08. The second-order valence-corrected chi connectivity index (χ2v) is 3.40. The molecule has 1 amide bonds. The van der Waals surface area contributed by atoms with Crippen LogP contribution in [0.25, 0.3) is 0 Å². The number of hydrogen-bond acceptors (Lipinski definition) is 4. The summed E-state index contributed by atoms with van der Waals surface area (Å²) in [7, 11) is 4.76.